The Balaban J connectivity index is 1.84. The van der Waals surface area contributed by atoms with E-state index >= 15 is 0 Å². The summed E-state index contributed by atoms with van der Waals surface area (Å²) in [6.45, 7) is 5.29. The second kappa shape index (κ2) is 5.04. The van der Waals surface area contributed by atoms with Gasteiger partial charge in [0.1, 0.15) is 0 Å². The lowest BCUT2D eigenvalue weighted by molar-refractivity contribution is 0.0749. The molecule has 102 valence electrons. The van der Waals surface area contributed by atoms with Crippen molar-refractivity contribution in [2.24, 2.45) is 0 Å². The summed E-state index contributed by atoms with van der Waals surface area (Å²) in [4.78, 5) is 22.9. The zero-order valence-corrected chi connectivity index (χ0v) is 11.8. The molecule has 4 nitrogen and oxygen atoms in total. The van der Waals surface area contributed by atoms with Crippen LogP contribution in [0.1, 0.15) is 39.8 Å². The molecule has 20 heavy (non-hydrogen) atoms. The Morgan fingerprint density at radius 1 is 1.20 bits per heavy atom. The van der Waals surface area contributed by atoms with E-state index in [2.05, 4.69) is 23.8 Å². The van der Waals surface area contributed by atoms with Gasteiger partial charge in [0, 0.05) is 18.0 Å². The lowest BCUT2D eigenvalue weighted by Gasteiger charge is -2.16. The first-order valence-corrected chi connectivity index (χ1v) is 6.86. The van der Waals surface area contributed by atoms with Gasteiger partial charge in [-0.15, -0.1) is 0 Å². The third kappa shape index (κ3) is 2.18. The molecule has 0 saturated heterocycles. The van der Waals surface area contributed by atoms with Crippen LogP contribution in [0.5, 0.6) is 0 Å². The van der Waals surface area contributed by atoms with Gasteiger partial charge in [-0.2, -0.15) is 0 Å². The molecule has 4 heteroatoms. The highest BCUT2D eigenvalue weighted by Crippen LogP contribution is 2.21. The lowest BCUT2D eigenvalue weighted by Crippen LogP contribution is -2.25. The number of carbonyl (C=O) groups excluding carboxylic acids is 1. The fourth-order valence-electron chi connectivity index (χ4n) is 2.59. The van der Waals surface area contributed by atoms with Gasteiger partial charge in [0.25, 0.3) is 5.91 Å². The minimum Gasteiger partial charge on any atom is -0.327 e. The number of aromatic nitrogens is 2. The molecule has 0 saturated carbocycles. The smallest absolute Gasteiger partial charge is 0.254 e. The third-order valence-corrected chi connectivity index (χ3v) is 3.81. The van der Waals surface area contributed by atoms with E-state index in [-0.39, 0.29) is 5.91 Å². The molecular weight excluding hydrogens is 250 g/mol. The average molecular weight is 267 g/mol. The second-order valence-corrected chi connectivity index (χ2v) is 5.11. The van der Waals surface area contributed by atoms with E-state index < -0.39 is 0 Å². The molecule has 0 spiro atoms. The molecule has 1 aliphatic heterocycles. The van der Waals surface area contributed by atoms with Crippen LogP contribution in [0.25, 0.3) is 0 Å². The number of carbonyl (C=O) groups is 1. The van der Waals surface area contributed by atoms with Gasteiger partial charge in [0.15, 0.2) is 0 Å². The van der Waals surface area contributed by atoms with Crippen molar-refractivity contribution in [3.05, 3.63) is 58.7 Å². The molecule has 0 N–H and O–H groups in total. The Morgan fingerprint density at radius 3 is 2.45 bits per heavy atom. The van der Waals surface area contributed by atoms with Crippen LogP contribution < -0.4 is 0 Å². The molecule has 0 aliphatic carbocycles. The number of fused-ring (bicyclic) bond motifs is 1. The Kier molecular flexibility index (Phi) is 3.22. The first kappa shape index (κ1) is 12.8. The monoisotopic (exact) mass is 267 g/mol. The highest BCUT2D eigenvalue weighted by Gasteiger charge is 2.26. The van der Waals surface area contributed by atoms with Crippen LogP contribution in [0.15, 0.2) is 30.6 Å². The summed E-state index contributed by atoms with van der Waals surface area (Å²) in [6, 6.07) is 5.92. The van der Waals surface area contributed by atoms with Gasteiger partial charge in [-0.3, -0.25) is 14.8 Å². The molecule has 1 aromatic carbocycles. The fraction of sp³-hybridized carbons (Fsp3) is 0.312. The quantitative estimate of drug-likeness (QED) is 0.840. The van der Waals surface area contributed by atoms with Crippen LogP contribution in [0, 0.1) is 6.92 Å². The highest BCUT2D eigenvalue weighted by molar-refractivity contribution is 5.94. The number of hydrogen-bond acceptors (Lipinski definition) is 3. The normalized spacial score (nSPS) is 13.4. The van der Waals surface area contributed by atoms with E-state index in [0.717, 1.165) is 23.4 Å². The summed E-state index contributed by atoms with van der Waals surface area (Å²) in [5.41, 5.74) is 5.02. The molecule has 0 radical (unpaired) electrons. The van der Waals surface area contributed by atoms with E-state index in [0.29, 0.717) is 13.1 Å². The molecule has 1 amide bonds. The molecule has 0 fully saturated rings. The molecular formula is C16H17N3O. The van der Waals surface area contributed by atoms with Crippen LogP contribution in [-0.2, 0) is 19.5 Å². The Morgan fingerprint density at radius 2 is 1.85 bits per heavy atom. The molecule has 0 bridgehead atoms. The first-order chi connectivity index (χ1) is 9.69. The van der Waals surface area contributed by atoms with Crippen molar-refractivity contribution in [1.29, 1.82) is 0 Å². The van der Waals surface area contributed by atoms with E-state index in [1.165, 1.54) is 11.1 Å². The van der Waals surface area contributed by atoms with Crippen LogP contribution >= 0.6 is 0 Å². The number of hydrogen-bond donors (Lipinski definition) is 0. The van der Waals surface area contributed by atoms with Crippen molar-refractivity contribution >= 4 is 5.91 Å². The summed E-state index contributed by atoms with van der Waals surface area (Å²) >= 11 is 0. The van der Waals surface area contributed by atoms with Gasteiger partial charge >= 0.3 is 0 Å². The molecule has 0 unspecified atom stereocenters. The molecule has 0 atom stereocenters. The fourth-order valence-corrected chi connectivity index (χ4v) is 2.59. The SMILES string of the molecule is CCc1cc(C(=O)N2Cc3nccnc3C2)ccc1C. The average Bonchev–Trinajstić information content (AvgIpc) is 2.91. The van der Waals surface area contributed by atoms with E-state index in [9.17, 15) is 4.79 Å². The summed E-state index contributed by atoms with van der Waals surface area (Å²) in [6.07, 6.45) is 4.29. The molecule has 3 rings (SSSR count). The standard InChI is InChI=1S/C16H17N3O/c1-3-12-8-13(5-4-11(12)2)16(20)19-9-14-15(10-19)18-7-6-17-14/h4-8H,3,9-10H2,1-2H3. The number of nitrogens with zero attached hydrogens (tertiary/aromatic N) is 3. The van der Waals surface area contributed by atoms with Crippen LogP contribution in [0.4, 0.5) is 0 Å². The maximum Gasteiger partial charge on any atom is 0.254 e. The van der Waals surface area contributed by atoms with Gasteiger partial charge in [-0.25, -0.2) is 0 Å². The Labute approximate surface area is 118 Å². The molecule has 1 aromatic heterocycles. The van der Waals surface area contributed by atoms with Crippen molar-refractivity contribution in [3.8, 4) is 0 Å². The van der Waals surface area contributed by atoms with Crippen molar-refractivity contribution in [2.75, 3.05) is 0 Å². The highest BCUT2D eigenvalue weighted by atomic mass is 16.2. The van der Waals surface area contributed by atoms with E-state index in [4.69, 9.17) is 0 Å². The maximum absolute atomic E-state index is 12.6. The van der Waals surface area contributed by atoms with Gasteiger partial charge in [0.05, 0.1) is 24.5 Å². The van der Waals surface area contributed by atoms with E-state index in [1.54, 1.807) is 17.3 Å². The molecule has 2 aromatic rings. The number of amides is 1. The number of aryl methyl sites for hydroxylation is 2. The van der Waals surface area contributed by atoms with Crippen molar-refractivity contribution in [3.63, 3.8) is 0 Å². The predicted octanol–water partition coefficient (Wildman–Crippen LogP) is 2.50. The molecule has 1 aliphatic rings. The lowest BCUT2D eigenvalue weighted by atomic mass is 10.0. The number of rotatable bonds is 2. The summed E-state index contributed by atoms with van der Waals surface area (Å²) in [7, 11) is 0. The number of benzene rings is 1. The van der Waals surface area contributed by atoms with Gasteiger partial charge in [-0.05, 0) is 36.6 Å². The third-order valence-electron chi connectivity index (χ3n) is 3.81. The topological polar surface area (TPSA) is 46.1 Å². The minimum atomic E-state index is 0.0551. The van der Waals surface area contributed by atoms with Crippen LogP contribution in [0.2, 0.25) is 0 Å². The molecule has 2 heterocycles. The van der Waals surface area contributed by atoms with Crippen LogP contribution in [-0.4, -0.2) is 20.8 Å². The zero-order chi connectivity index (χ0) is 14.1. The maximum atomic E-state index is 12.6. The largest absolute Gasteiger partial charge is 0.327 e. The zero-order valence-electron chi connectivity index (χ0n) is 11.8. The van der Waals surface area contributed by atoms with Crippen molar-refractivity contribution in [1.82, 2.24) is 14.9 Å². The summed E-state index contributed by atoms with van der Waals surface area (Å²) in [5, 5.41) is 0. The van der Waals surface area contributed by atoms with Crippen LogP contribution in [0.3, 0.4) is 0 Å². The predicted molar refractivity (Wildman–Crippen MR) is 76.2 cm³/mol. The van der Waals surface area contributed by atoms with E-state index in [1.807, 2.05) is 18.2 Å². The Hall–Kier alpha value is -2.23. The van der Waals surface area contributed by atoms with Gasteiger partial charge < -0.3 is 4.90 Å². The second-order valence-electron chi connectivity index (χ2n) is 5.11. The summed E-state index contributed by atoms with van der Waals surface area (Å²) in [5.74, 6) is 0.0551. The van der Waals surface area contributed by atoms with Gasteiger partial charge in [0.2, 0.25) is 0 Å². The van der Waals surface area contributed by atoms with Crippen molar-refractivity contribution in [2.45, 2.75) is 33.4 Å². The summed E-state index contributed by atoms with van der Waals surface area (Å²) < 4.78 is 0. The van der Waals surface area contributed by atoms with Crippen molar-refractivity contribution < 1.29 is 4.79 Å². The van der Waals surface area contributed by atoms with Gasteiger partial charge in [-0.1, -0.05) is 13.0 Å². The first-order valence-electron chi connectivity index (χ1n) is 6.86. The Bertz CT molecular complexity index is 642. The minimum absolute atomic E-state index is 0.0551.